The van der Waals surface area contributed by atoms with Gasteiger partial charge in [0, 0.05) is 41.6 Å². The number of aryl methyl sites for hydroxylation is 3. The second-order valence-corrected chi connectivity index (χ2v) is 8.53. The highest BCUT2D eigenvalue weighted by Crippen LogP contribution is 2.41. The van der Waals surface area contributed by atoms with E-state index in [1.165, 1.54) is 52.7 Å². The van der Waals surface area contributed by atoms with Crippen LogP contribution in [0, 0.1) is 6.92 Å². The van der Waals surface area contributed by atoms with Crippen LogP contribution in [0.3, 0.4) is 0 Å². The summed E-state index contributed by atoms with van der Waals surface area (Å²) in [6.07, 6.45) is 0.910. The molecule has 2 aliphatic rings. The summed E-state index contributed by atoms with van der Waals surface area (Å²) in [6.45, 7) is 2.82. The van der Waals surface area contributed by atoms with E-state index in [-0.39, 0.29) is 0 Å². The first-order valence-electron chi connectivity index (χ1n) is 10.4. The molecule has 3 aromatic rings. The van der Waals surface area contributed by atoms with Crippen molar-refractivity contribution < 1.29 is 13.2 Å². The van der Waals surface area contributed by atoms with Crippen LogP contribution in [0.4, 0.5) is 13.2 Å². The van der Waals surface area contributed by atoms with Crippen LogP contribution in [-0.4, -0.2) is 10.6 Å². The largest absolute Gasteiger partial charge is 0.416 e. The molecule has 29 heavy (non-hydrogen) atoms. The molecule has 152 valence electrons. The Morgan fingerprint density at radius 1 is 1.10 bits per heavy atom. The molecule has 0 amide bonds. The topological polar surface area (TPSA) is 17.0 Å². The van der Waals surface area contributed by atoms with Gasteiger partial charge in [-0.2, -0.15) is 13.2 Å². The maximum absolute atomic E-state index is 13.1. The fraction of sp³-hybridized carbons (Fsp3) is 0.417. The summed E-state index contributed by atoms with van der Waals surface area (Å²) in [6, 6.07) is 13.2. The molecule has 0 aliphatic carbocycles. The van der Waals surface area contributed by atoms with E-state index in [2.05, 4.69) is 35.0 Å². The van der Waals surface area contributed by atoms with Crippen molar-refractivity contribution in [1.82, 2.24) is 9.88 Å². The van der Waals surface area contributed by atoms with Gasteiger partial charge in [0.25, 0.3) is 0 Å². The quantitative estimate of drug-likeness (QED) is 0.577. The van der Waals surface area contributed by atoms with E-state index in [0.717, 1.165) is 24.5 Å². The number of alkyl halides is 3. The maximum Gasteiger partial charge on any atom is 0.416 e. The number of piperidine rings is 1. The number of halogens is 3. The summed E-state index contributed by atoms with van der Waals surface area (Å²) in [7, 11) is 0. The number of hydrogen-bond donors (Lipinski definition) is 1. The van der Waals surface area contributed by atoms with Crippen LogP contribution in [0.15, 0.2) is 42.5 Å². The molecule has 5 rings (SSSR count). The molecule has 2 bridgehead atoms. The van der Waals surface area contributed by atoms with Gasteiger partial charge in [-0.1, -0.05) is 29.8 Å². The number of aromatic nitrogens is 1. The molecule has 2 aliphatic heterocycles. The third-order valence-electron chi connectivity index (χ3n) is 6.52. The molecular weight excluding hydrogens is 373 g/mol. The summed E-state index contributed by atoms with van der Waals surface area (Å²) < 4.78 is 41.6. The number of rotatable bonds is 3. The minimum absolute atomic E-state index is 0.400. The third kappa shape index (κ3) is 3.35. The average molecular weight is 398 g/mol. The molecule has 1 N–H and O–H groups in total. The molecule has 2 nitrogen and oxygen atoms in total. The summed E-state index contributed by atoms with van der Waals surface area (Å²) in [5.41, 5.74) is 5.42. The van der Waals surface area contributed by atoms with E-state index < -0.39 is 11.7 Å². The van der Waals surface area contributed by atoms with Gasteiger partial charge >= 0.3 is 6.18 Å². The molecule has 1 saturated heterocycles. The van der Waals surface area contributed by atoms with Gasteiger partial charge in [0.1, 0.15) is 0 Å². The van der Waals surface area contributed by atoms with Crippen LogP contribution < -0.4 is 5.32 Å². The first kappa shape index (κ1) is 18.7. The minimum atomic E-state index is -4.30. The Labute approximate surface area is 168 Å². The SMILES string of the molecule is Cc1ccc2c(c1)c1c(n2CCc2cccc(C(F)(F)F)c2)C[C@H]2CCC[C@@H]1N2. The Kier molecular flexibility index (Phi) is 4.46. The maximum atomic E-state index is 13.1. The van der Waals surface area contributed by atoms with Crippen molar-refractivity contribution in [2.75, 3.05) is 0 Å². The summed E-state index contributed by atoms with van der Waals surface area (Å²) in [5, 5.41) is 5.10. The molecule has 3 heterocycles. The van der Waals surface area contributed by atoms with E-state index in [1.54, 1.807) is 6.07 Å². The number of fused-ring (bicyclic) bond motifs is 6. The highest BCUT2D eigenvalue weighted by Gasteiger charge is 2.34. The van der Waals surface area contributed by atoms with Gasteiger partial charge in [-0.25, -0.2) is 0 Å². The first-order chi connectivity index (χ1) is 13.9. The molecule has 0 radical (unpaired) electrons. The van der Waals surface area contributed by atoms with Gasteiger partial charge in [0.05, 0.1) is 5.56 Å². The minimum Gasteiger partial charge on any atom is -0.344 e. The lowest BCUT2D eigenvalue weighted by Crippen LogP contribution is -2.43. The average Bonchev–Trinajstić information content (AvgIpc) is 2.98. The van der Waals surface area contributed by atoms with Crippen LogP contribution >= 0.6 is 0 Å². The fourth-order valence-electron chi connectivity index (χ4n) is 5.20. The zero-order valence-electron chi connectivity index (χ0n) is 16.5. The standard InChI is InChI=1S/C24H25F3N2/c1-15-8-9-21-19(12-15)23-20-7-3-6-18(28-20)14-22(23)29(21)11-10-16-4-2-5-17(13-16)24(25,26)27/h2,4-5,8-9,12-13,18,20,28H,3,6-7,10-11,14H2,1H3/t18-,20+/m1/s1. The van der Waals surface area contributed by atoms with Crippen LogP contribution in [-0.2, 0) is 25.6 Å². The molecule has 1 aromatic heterocycles. The van der Waals surface area contributed by atoms with Gasteiger partial charge in [-0.05, 0) is 61.9 Å². The highest BCUT2D eigenvalue weighted by molar-refractivity contribution is 5.87. The number of nitrogens with zero attached hydrogens (tertiary/aromatic N) is 1. The lowest BCUT2D eigenvalue weighted by atomic mass is 9.84. The molecule has 2 atom stereocenters. The summed E-state index contributed by atoms with van der Waals surface area (Å²) in [5.74, 6) is 0. The Morgan fingerprint density at radius 2 is 1.97 bits per heavy atom. The zero-order valence-corrected chi connectivity index (χ0v) is 16.5. The Balaban J connectivity index is 1.53. The van der Waals surface area contributed by atoms with Crippen LogP contribution in [0.25, 0.3) is 10.9 Å². The highest BCUT2D eigenvalue weighted by atomic mass is 19.4. The van der Waals surface area contributed by atoms with Gasteiger partial charge in [-0.15, -0.1) is 0 Å². The lowest BCUT2D eigenvalue weighted by Gasteiger charge is -2.37. The number of nitrogens with one attached hydrogen (secondary N) is 1. The summed E-state index contributed by atoms with van der Waals surface area (Å²) in [4.78, 5) is 0. The molecule has 0 saturated carbocycles. The fourth-order valence-corrected chi connectivity index (χ4v) is 5.20. The van der Waals surface area contributed by atoms with E-state index >= 15 is 0 Å². The van der Waals surface area contributed by atoms with Gasteiger partial charge in [-0.3, -0.25) is 0 Å². The second-order valence-electron chi connectivity index (χ2n) is 8.53. The Bertz CT molecular complexity index is 1060. The molecule has 5 heteroatoms. The van der Waals surface area contributed by atoms with Crippen molar-refractivity contribution in [2.45, 2.75) is 63.8 Å². The molecule has 0 spiro atoms. The predicted octanol–water partition coefficient (Wildman–Crippen LogP) is 5.95. The van der Waals surface area contributed by atoms with Crippen LogP contribution in [0.1, 0.15) is 53.3 Å². The smallest absolute Gasteiger partial charge is 0.344 e. The number of hydrogen-bond acceptors (Lipinski definition) is 1. The zero-order chi connectivity index (χ0) is 20.2. The Morgan fingerprint density at radius 3 is 2.79 bits per heavy atom. The molecule has 2 aromatic carbocycles. The van der Waals surface area contributed by atoms with E-state index in [9.17, 15) is 13.2 Å². The summed E-state index contributed by atoms with van der Waals surface area (Å²) >= 11 is 0. The van der Waals surface area contributed by atoms with Crippen LogP contribution in [0.5, 0.6) is 0 Å². The third-order valence-corrected chi connectivity index (χ3v) is 6.52. The van der Waals surface area contributed by atoms with E-state index in [4.69, 9.17) is 0 Å². The number of benzene rings is 2. The predicted molar refractivity (Wildman–Crippen MR) is 109 cm³/mol. The second kappa shape index (κ2) is 6.91. The molecule has 0 unspecified atom stereocenters. The van der Waals surface area contributed by atoms with Gasteiger partial charge < -0.3 is 9.88 Å². The van der Waals surface area contributed by atoms with Crippen molar-refractivity contribution in [3.8, 4) is 0 Å². The van der Waals surface area contributed by atoms with Crippen LogP contribution in [0.2, 0.25) is 0 Å². The monoisotopic (exact) mass is 398 g/mol. The lowest BCUT2D eigenvalue weighted by molar-refractivity contribution is -0.137. The van der Waals surface area contributed by atoms with Crippen molar-refractivity contribution in [3.05, 3.63) is 70.4 Å². The van der Waals surface area contributed by atoms with Crippen molar-refractivity contribution in [3.63, 3.8) is 0 Å². The molecular formula is C24H25F3N2. The van der Waals surface area contributed by atoms with Gasteiger partial charge in [0.2, 0.25) is 0 Å². The first-order valence-corrected chi connectivity index (χ1v) is 10.4. The van der Waals surface area contributed by atoms with Gasteiger partial charge in [0.15, 0.2) is 0 Å². The normalized spacial score (nSPS) is 21.4. The Hall–Kier alpha value is -2.27. The van der Waals surface area contributed by atoms with E-state index in [0.29, 0.717) is 25.0 Å². The molecule has 1 fully saturated rings. The van der Waals surface area contributed by atoms with Crippen molar-refractivity contribution in [2.24, 2.45) is 0 Å². The van der Waals surface area contributed by atoms with Crippen molar-refractivity contribution >= 4 is 10.9 Å². The van der Waals surface area contributed by atoms with E-state index in [1.807, 2.05) is 0 Å². The van der Waals surface area contributed by atoms with Crippen molar-refractivity contribution in [1.29, 1.82) is 0 Å².